The second-order valence-electron chi connectivity index (χ2n) is 4.89. The molecule has 0 atom stereocenters. The smallest absolute Gasteiger partial charge is 0.416 e. The minimum atomic E-state index is -4.41. The number of halogens is 3. The van der Waals surface area contributed by atoms with E-state index in [-0.39, 0.29) is 12.1 Å². The van der Waals surface area contributed by atoms with Crippen LogP contribution < -0.4 is 10.5 Å². The Hall–Kier alpha value is -2.01. The Balaban J connectivity index is 2.33. The van der Waals surface area contributed by atoms with Crippen molar-refractivity contribution in [2.45, 2.75) is 26.6 Å². The van der Waals surface area contributed by atoms with Gasteiger partial charge in [0.1, 0.15) is 11.5 Å². The van der Waals surface area contributed by atoms with Crippen molar-refractivity contribution in [2.24, 2.45) is 5.73 Å². The largest absolute Gasteiger partial charge is 0.457 e. The van der Waals surface area contributed by atoms with Crippen LogP contribution >= 0.6 is 0 Å². The van der Waals surface area contributed by atoms with E-state index in [1.54, 1.807) is 6.07 Å². The highest BCUT2D eigenvalue weighted by Gasteiger charge is 2.33. The van der Waals surface area contributed by atoms with E-state index < -0.39 is 11.7 Å². The lowest BCUT2D eigenvalue weighted by Gasteiger charge is -2.14. The molecule has 2 N–H and O–H groups in total. The van der Waals surface area contributed by atoms with Crippen molar-refractivity contribution in [3.8, 4) is 11.5 Å². The van der Waals surface area contributed by atoms with Crippen molar-refractivity contribution in [3.05, 3.63) is 58.7 Å². The van der Waals surface area contributed by atoms with Gasteiger partial charge in [0.05, 0.1) is 5.56 Å². The maximum atomic E-state index is 12.8. The summed E-state index contributed by atoms with van der Waals surface area (Å²) in [7, 11) is 0. The first-order valence-electron chi connectivity index (χ1n) is 6.46. The number of hydrogen-bond acceptors (Lipinski definition) is 2. The highest BCUT2D eigenvalue weighted by molar-refractivity contribution is 5.42. The maximum Gasteiger partial charge on any atom is 0.416 e. The van der Waals surface area contributed by atoms with Gasteiger partial charge in [-0.25, -0.2) is 0 Å². The SMILES string of the molecule is Cc1ccc(Oc2ccc(C(F)(F)F)c(CN)c2)c(C)c1. The first-order chi connectivity index (χ1) is 9.81. The van der Waals surface area contributed by atoms with E-state index in [0.717, 1.165) is 17.2 Å². The van der Waals surface area contributed by atoms with Crippen LogP contribution in [0.25, 0.3) is 0 Å². The van der Waals surface area contributed by atoms with Crippen molar-refractivity contribution in [1.82, 2.24) is 0 Å². The first kappa shape index (κ1) is 15.4. The second kappa shape index (κ2) is 5.77. The Labute approximate surface area is 121 Å². The topological polar surface area (TPSA) is 35.2 Å². The third-order valence-corrected chi connectivity index (χ3v) is 3.16. The molecule has 0 saturated heterocycles. The van der Waals surface area contributed by atoms with Gasteiger partial charge in [0.15, 0.2) is 0 Å². The molecule has 2 aromatic carbocycles. The summed E-state index contributed by atoms with van der Waals surface area (Å²) in [4.78, 5) is 0. The summed E-state index contributed by atoms with van der Waals surface area (Å²) < 4.78 is 44.1. The average Bonchev–Trinajstić information content (AvgIpc) is 2.40. The van der Waals surface area contributed by atoms with Crippen LogP contribution in [0, 0.1) is 13.8 Å². The van der Waals surface area contributed by atoms with Gasteiger partial charge in [0.25, 0.3) is 0 Å². The predicted molar refractivity (Wildman–Crippen MR) is 75.3 cm³/mol. The van der Waals surface area contributed by atoms with E-state index in [9.17, 15) is 13.2 Å². The number of rotatable bonds is 3. The number of ether oxygens (including phenoxy) is 1. The highest BCUT2D eigenvalue weighted by atomic mass is 19.4. The van der Waals surface area contributed by atoms with Gasteiger partial charge in [-0.15, -0.1) is 0 Å². The Kier molecular flexibility index (Phi) is 4.23. The van der Waals surface area contributed by atoms with Crippen LogP contribution in [-0.4, -0.2) is 0 Å². The predicted octanol–water partition coefficient (Wildman–Crippen LogP) is 4.57. The van der Waals surface area contributed by atoms with Gasteiger partial charge in [-0.1, -0.05) is 17.7 Å². The molecule has 2 nitrogen and oxygen atoms in total. The van der Waals surface area contributed by atoms with Crippen LogP contribution in [0.4, 0.5) is 13.2 Å². The molecule has 0 bridgehead atoms. The monoisotopic (exact) mass is 295 g/mol. The molecular weight excluding hydrogens is 279 g/mol. The van der Waals surface area contributed by atoms with Crippen LogP contribution in [0.15, 0.2) is 36.4 Å². The molecule has 112 valence electrons. The molecule has 2 rings (SSSR count). The standard InChI is InChI=1S/C16H16F3NO/c1-10-3-6-15(11(2)7-10)21-13-4-5-14(16(17,18)19)12(8-13)9-20/h3-8H,9,20H2,1-2H3. The van der Waals surface area contributed by atoms with E-state index in [0.29, 0.717) is 11.5 Å². The van der Waals surface area contributed by atoms with E-state index in [4.69, 9.17) is 10.5 Å². The fourth-order valence-electron chi connectivity index (χ4n) is 2.12. The average molecular weight is 295 g/mol. The quantitative estimate of drug-likeness (QED) is 0.900. The summed E-state index contributed by atoms with van der Waals surface area (Å²) in [5.41, 5.74) is 6.71. The van der Waals surface area contributed by atoms with Crippen LogP contribution in [0.3, 0.4) is 0 Å². The summed E-state index contributed by atoms with van der Waals surface area (Å²) in [6.45, 7) is 3.65. The molecule has 0 unspecified atom stereocenters. The molecule has 0 aromatic heterocycles. The van der Waals surface area contributed by atoms with Gasteiger partial charge < -0.3 is 10.5 Å². The van der Waals surface area contributed by atoms with E-state index in [1.165, 1.54) is 12.1 Å². The Bertz CT molecular complexity index is 650. The van der Waals surface area contributed by atoms with E-state index in [2.05, 4.69) is 0 Å². The molecule has 0 aliphatic rings. The number of alkyl halides is 3. The van der Waals surface area contributed by atoms with Gasteiger partial charge in [-0.3, -0.25) is 0 Å². The minimum absolute atomic E-state index is 0.0183. The van der Waals surface area contributed by atoms with Crippen molar-refractivity contribution < 1.29 is 17.9 Å². The van der Waals surface area contributed by atoms with Crippen molar-refractivity contribution in [2.75, 3.05) is 0 Å². The van der Waals surface area contributed by atoms with Crippen molar-refractivity contribution >= 4 is 0 Å². The molecule has 21 heavy (non-hydrogen) atoms. The lowest BCUT2D eigenvalue weighted by Crippen LogP contribution is -2.11. The van der Waals surface area contributed by atoms with Crippen LogP contribution in [-0.2, 0) is 12.7 Å². The third-order valence-electron chi connectivity index (χ3n) is 3.16. The molecular formula is C16H16F3NO. The molecule has 2 aromatic rings. The lowest BCUT2D eigenvalue weighted by atomic mass is 10.1. The fourth-order valence-corrected chi connectivity index (χ4v) is 2.12. The zero-order valence-electron chi connectivity index (χ0n) is 11.8. The van der Waals surface area contributed by atoms with Crippen molar-refractivity contribution in [3.63, 3.8) is 0 Å². The summed E-state index contributed by atoms with van der Waals surface area (Å²) in [6.07, 6.45) is -4.41. The Morgan fingerprint density at radius 1 is 1.05 bits per heavy atom. The molecule has 0 radical (unpaired) electrons. The molecule has 0 saturated carbocycles. The molecule has 0 amide bonds. The summed E-state index contributed by atoms with van der Waals surface area (Å²) in [5.74, 6) is 0.957. The number of benzene rings is 2. The van der Waals surface area contributed by atoms with E-state index in [1.807, 2.05) is 26.0 Å². The Morgan fingerprint density at radius 3 is 2.33 bits per heavy atom. The molecule has 0 fully saturated rings. The minimum Gasteiger partial charge on any atom is -0.457 e. The van der Waals surface area contributed by atoms with Gasteiger partial charge in [-0.05, 0) is 49.2 Å². The lowest BCUT2D eigenvalue weighted by molar-refractivity contribution is -0.138. The molecule has 0 spiro atoms. The molecule has 5 heteroatoms. The third kappa shape index (κ3) is 3.55. The Morgan fingerprint density at radius 2 is 1.76 bits per heavy atom. The van der Waals surface area contributed by atoms with Crippen molar-refractivity contribution in [1.29, 1.82) is 0 Å². The fraction of sp³-hybridized carbons (Fsp3) is 0.250. The van der Waals surface area contributed by atoms with Crippen LogP contribution in [0.2, 0.25) is 0 Å². The van der Waals surface area contributed by atoms with Crippen LogP contribution in [0.5, 0.6) is 11.5 Å². The molecule has 0 aliphatic heterocycles. The van der Waals surface area contributed by atoms with Crippen LogP contribution in [0.1, 0.15) is 22.3 Å². The second-order valence-corrected chi connectivity index (χ2v) is 4.89. The maximum absolute atomic E-state index is 12.8. The first-order valence-corrected chi connectivity index (χ1v) is 6.46. The zero-order chi connectivity index (χ0) is 15.6. The summed E-state index contributed by atoms with van der Waals surface area (Å²) in [5, 5.41) is 0. The molecule has 0 aliphatic carbocycles. The van der Waals surface area contributed by atoms with Gasteiger partial charge in [-0.2, -0.15) is 13.2 Å². The van der Waals surface area contributed by atoms with E-state index >= 15 is 0 Å². The van der Waals surface area contributed by atoms with Gasteiger partial charge >= 0.3 is 6.18 Å². The highest BCUT2D eigenvalue weighted by Crippen LogP contribution is 2.35. The van der Waals surface area contributed by atoms with Gasteiger partial charge in [0, 0.05) is 6.54 Å². The van der Waals surface area contributed by atoms with Gasteiger partial charge in [0.2, 0.25) is 0 Å². The number of nitrogens with two attached hydrogens (primary N) is 1. The zero-order valence-corrected chi connectivity index (χ0v) is 11.8. The normalized spacial score (nSPS) is 11.5. The summed E-state index contributed by atoms with van der Waals surface area (Å²) in [6, 6.07) is 9.27. The number of hydrogen-bond donors (Lipinski definition) is 1. The molecule has 0 heterocycles. The summed E-state index contributed by atoms with van der Waals surface area (Å²) >= 11 is 0. The number of aryl methyl sites for hydroxylation is 2.